The molecule has 1 heterocycles. The van der Waals surface area contributed by atoms with Gasteiger partial charge in [0, 0.05) is 0 Å². The fraction of sp³-hybridized carbons (Fsp3) is 0.286. The third-order valence-corrected chi connectivity index (χ3v) is 2.18. The Labute approximate surface area is 91.0 Å². The molecule has 1 aromatic heterocycles. The van der Waals surface area contributed by atoms with Gasteiger partial charge >= 0.3 is 5.69 Å². The van der Waals surface area contributed by atoms with Gasteiger partial charge in [-0.05, 0) is 22.0 Å². The predicted molar refractivity (Wildman–Crippen MR) is 49.5 cm³/mol. The summed E-state index contributed by atoms with van der Waals surface area (Å²) in [4.78, 5) is 13.0. The molecular formula is C7H5BrF2N2O3. The fourth-order valence-corrected chi connectivity index (χ4v) is 1.61. The molecule has 1 aromatic rings. The van der Waals surface area contributed by atoms with Gasteiger partial charge in [0.2, 0.25) is 0 Å². The van der Waals surface area contributed by atoms with Gasteiger partial charge in [0.05, 0.1) is 17.1 Å². The van der Waals surface area contributed by atoms with Gasteiger partial charge in [-0.1, -0.05) is 0 Å². The Morgan fingerprint density at radius 1 is 1.67 bits per heavy atom. The van der Waals surface area contributed by atoms with E-state index in [2.05, 4.69) is 20.9 Å². The minimum atomic E-state index is -2.84. The summed E-state index contributed by atoms with van der Waals surface area (Å²) >= 11 is 2.71. The van der Waals surface area contributed by atoms with Gasteiger partial charge in [-0.15, -0.1) is 0 Å². The van der Waals surface area contributed by atoms with E-state index in [0.717, 1.165) is 6.07 Å². The average molecular weight is 283 g/mol. The van der Waals surface area contributed by atoms with E-state index in [-0.39, 0.29) is 10.2 Å². The number of aliphatic hydroxyl groups is 1. The van der Waals surface area contributed by atoms with Crippen LogP contribution in [-0.4, -0.2) is 15.0 Å². The molecule has 5 nitrogen and oxygen atoms in total. The molecule has 1 N–H and O–H groups in total. The van der Waals surface area contributed by atoms with Crippen LogP contribution in [0.4, 0.5) is 14.5 Å². The SMILES string of the molecule is O=[N+]([O-])c1c(CO)cc(C(F)F)nc1Br. The fourth-order valence-electron chi connectivity index (χ4n) is 1.00. The number of hydrogen-bond acceptors (Lipinski definition) is 4. The van der Waals surface area contributed by atoms with Crippen molar-refractivity contribution in [3.8, 4) is 0 Å². The second-order valence-corrected chi connectivity index (χ2v) is 3.31. The van der Waals surface area contributed by atoms with E-state index in [1.165, 1.54) is 0 Å². The van der Waals surface area contributed by atoms with Crippen molar-refractivity contribution in [2.75, 3.05) is 0 Å². The van der Waals surface area contributed by atoms with Crippen molar-refractivity contribution in [2.45, 2.75) is 13.0 Å². The van der Waals surface area contributed by atoms with E-state index in [1.54, 1.807) is 0 Å². The highest BCUT2D eigenvalue weighted by atomic mass is 79.9. The molecule has 15 heavy (non-hydrogen) atoms. The minimum Gasteiger partial charge on any atom is -0.391 e. The van der Waals surface area contributed by atoms with Crippen LogP contribution < -0.4 is 0 Å². The summed E-state index contributed by atoms with van der Waals surface area (Å²) in [6, 6.07) is 0.813. The van der Waals surface area contributed by atoms with E-state index in [4.69, 9.17) is 5.11 Å². The zero-order valence-corrected chi connectivity index (χ0v) is 8.74. The first-order valence-electron chi connectivity index (χ1n) is 3.70. The van der Waals surface area contributed by atoms with Gasteiger partial charge in [0.15, 0.2) is 4.60 Å². The molecule has 1 rings (SSSR count). The van der Waals surface area contributed by atoms with Crippen LogP contribution in [0.15, 0.2) is 10.7 Å². The number of nitro groups is 1. The van der Waals surface area contributed by atoms with Gasteiger partial charge in [-0.2, -0.15) is 0 Å². The topological polar surface area (TPSA) is 76.3 Å². The number of alkyl halides is 2. The van der Waals surface area contributed by atoms with Crippen LogP contribution in [0.2, 0.25) is 0 Å². The van der Waals surface area contributed by atoms with E-state index in [0.29, 0.717) is 0 Å². The molecule has 0 unspecified atom stereocenters. The Morgan fingerprint density at radius 2 is 2.27 bits per heavy atom. The Bertz CT molecular complexity index is 400. The summed E-state index contributed by atoms with van der Waals surface area (Å²) in [6.07, 6.45) is -2.84. The molecule has 82 valence electrons. The second-order valence-electron chi connectivity index (χ2n) is 2.56. The maximum atomic E-state index is 12.3. The predicted octanol–water partition coefficient (Wildman–Crippen LogP) is 2.18. The highest BCUT2D eigenvalue weighted by Crippen LogP contribution is 2.30. The Morgan fingerprint density at radius 3 is 2.67 bits per heavy atom. The summed E-state index contributed by atoms with van der Waals surface area (Å²) in [7, 11) is 0. The number of halogens is 3. The average Bonchev–Trinajstić information content (AvgIpc) is 2.15. The van der Waals surface area contributed by atoms with Crippen molar-refractivity contribution in [3.63, 3.8) is 0 Å². The van der Waals surface area contributed by atoms with Gasteiger partial charge in [0.25, 0.3) is 6.43 Å². The summed E-state index contributed by atoms with van der Waals surface area (Å²) in [5, 5.41) is 19.3. The lowest BCUT2D eigenvalue weighted by atomic mass is 10.2. The molecular weight excluding hydrogens is 278 g/mol. The molecule has 0 saturated carbocycles. The number of rotatable bonds is 3. The smallest absolute Gasteiger partial charge is 0.307 e. The zero-order chi connectivity index (χ0) is 11.6. The minimum absolute atomic E-state index is 0.197. The normalized spacial score (nSPS) is 10.7. The molecule has 0 aliphatic carbocycles. The van der Waals surface area contributed by atoms with Crippen LogP contribution in [0.1, 0.15) is 17.7 Å². The maximum absolute atomic E-state index is 12.3. The third kappa shape index (κ3) is 2.45. The van der Waals surface area contributed by atoms with Crippen molar-refractivity contribution in [1.29, 1.82) is 0 Å². The number of aliphatic hydroxyl groups excluding tert-OH is 1. The first-order valence-corrected chi connectivity index (χ1v) is 4.49. The zero-order valence-electron chi connectivity index (χ0n) is 7.15. The highest BCUT2D eigenvalue weighted by Gasteiger charge is 2.23. The lowest BCUT2D eigenvalue weighted by Gasteiger charge is -2.04. The van der Waals surface area contributed by atoms with E-state index < -0.39 is 29.3 Å². The Kier molecular flexibility index (Phi) is 3.64. The molecule has 0 aromatic carbocycles. The van der Waals surface area contributed by atoms with Crippen LogP contribution in [0, 0.1) is 10.1 Å². The molecule has 0 saturated heterocycles. The second kappa shape index (κ2) is 4.58. The molecule has 0 aliphatic rings. The van der Waals surface area contributed by atoms with Crippen LogP contribution in [0.25, 0.3) is 0 Å². The van der Waals surface area contributed by atoms with Crippen LogP contribution in [0.5, 0.6) is 0 Å². The summed E-state index contributed by atoms with van der Waals surface area (Å²) in [6.45, 7) is -0.697. The summed E-state index contributed by atoms with van der Waals surface area (Å²) < 4.78 is 24.2. The quantitative estimate of drug-likeness (QED) is 0.524. The van der Waals surface area contributed by atoms with E-state index >= 15 is 0 Å². The van der Waals surface area contributed by atoms with Crippen LogP contribution >= 0.6 is 15.9 Å². The van der Waals surface area contributed by atoms with Crippen LogP contribution in [0.3, 0.4) is 0 Å². The van der Waals surface area contributed by atoms with Gasteiger partial charge < -0.3 is 5.11 Å². The largest absolute Gasteiger partial charge is 0.391 e. The summed E-state index contributed by atoms with van der Waals surface area (Å²) in [5.41, 5.74) is -1.31. The molecule has 0 radical (unpaired) electrons. The van der Waals surface area contributed by atoms with Gasteiger partial charge in [-0.3, -0.25) is 10.1 Å². The van der Waals surface area contributed by atoms with E-state index in [1.807, 2.05) is 0 Å². The Balaban J connectivity index is 3.37. The van der Waals surface area contributed by atoms with Crippen molar-refractivity contribution in [1.82, 2.24) is 4.98 Å². The van der Waals surface area contributed by atoms with Crippen molar-refractivity contribution in [2.24, 2.45) is 0 Å². The lowest BCUT2D eigenvalue weighted by molar-refractivity contribution is -0.387. The Hall–Kier alpha value is -1.15. The maximum Gasteiger partial charge on any atom is 0.307 e. The highest BCUT2D eigenvalue weighted by molar-refractivity contribution is 9.10. The van der Waals surface area contributed by atoms with Crippen molar-refractivity contribution in [3.05, 3.63) is 32.0 Å². The number of hydrogen-bond donors (Lipinski definition) is 1. The van der Waals surface area contributed by atoms with Gasteiger partial charge in [-0.25, -0.2) is 13.8 Å². The number of aromatic nitrogens is 1. The van der Waals surface area contributed by atoms with E-state index in [9.17, 15) is 18.9 Å². The molecule has 0 amide bonds. The molecule has 0 bridgehead atoms. The number of pyridine rings is 1. The molecule has 8 heteroatoms. The lowest BCUT2D eigenvalue weighted by Crippen LogP contribution is -2.02. The van der Waals surface area contributed by atoms with Gasteiger partial charge in [0.1, 0.15) is 5.69 Å². The third-order valence-electron chi connectivity index (χ3n) is 1.63. The van der Waals surface area contributed by atoms with Crippen molar-refractivity contribution >= 4 is 21.6 Å². The number of nitrogens with zero attached hydrogens (tertiary/aromatic N) is 2. The van der Waals surface area contributed by atoms with Crippen molar-refractivity contribution < 1.29 is 18.8 Å². The standard InChI is InChI=1S/C7H5BrF2N2O3/c8-6-5(12(14)15)3(2-13)1-4(11-6)7(9)10/h1,7,13H,2H2. The molecule has 0 fully saturated rings. The first-order chi connectivity index (χ1) is 6.97. The molecule has 0 spiro atoms. The molecule has 0 atom stereocenters. The summed E-state index contributed by atoms with van der Waals surface area (Å²) in [5.74, 6) is 0. The van der Waals surface area contributed by atoms with Crippen LogP contribution in [-0.2, 0) is 6.61 Å². The molecule has 0 aliphatic heterocycles. The first kappa shape index (κ1) is 11.9. The monoisotopic (exact) mass is 282 g/mol.